The first-order valence-corrected chi connectivity index (χ1v) is 10.4. The third-order valence-corrected chi connectivity index (χ3v) is 5.00. The Bertz CT molecular complexity index is 1180. The summed E-state index contributed by atoms with van der Waals surface area (Å²) in [5.74, 6) is -0.213. The second-order valence-corrected chi connectivity index (χ2v) is 7.57. The molecule has 0 aliphatic carbocycles. The van der Waals surface area contributed by atoms with Gasteiger partial charge in [-0.2, -0.15) is 5.01 Å². The first-order chi connectivity index (χ1) is 15.1. The molecule has 0 fully saturated rings. The Hall–Kier alpha value is -3.79. The summed E-state index contributed by atoms with van der Waals surface area (Å²) in [6, 6.07) is 19.5. The van der Waals surface area contributed by atoms with Crippen LogP contribution in [0.25, 0.3) is 22.5 Å². The maximum absolute atomic E-state index is 12.2. The van der Waals surface area contributed by atoms with Gasteiger partial charge in [0, 0.05) is 16.9 Å². The van der Waals surface area contributed by atoms with Crippen LogP contribution < -0.4 is 14.9 Å². The third kappa shape index (κ3) is 5.04. The van der Waals surface area contributed by atoms with Crippen molar-refractivity contribution in [2.45, 2.75) is 5.16 Å². The normalized spacial score (nSPS) is 11.5. The van der Waals surface area contributed by atoms with E-state index < -0.39 is 0 Å². The number of aromatic nitrogens is 5. The molecule has 31 heavy (non-hydrogen) atoms. The fourth-order valence-electron chi connectivity index (χ4n) is 2.71. The van der Waals surface area contributed by atoms with E-state index in [0.29, 0.717) is 16.5 Å². The van der Waals surface area contributed by atoms with Gasteiger partial charge in [0.05, 0.1) is 18.9 Å². The average Bonchev–Trinajstić information content (AvgIpc) is 3.27. The highest BCUT2D eigenvalue weighted by Gasteiger charge is 2.14. The smallest absolute Gasteiger partial charge is 0.324 e. The Balaban J connectivity index is 1.57. The van der Waals surface area contributed by atoms with Crippen LogP contribution in [-0.2, 0) is 0 Å². The lowest BCUT2D eigenvalue weighted by Gasteiger charge is -2.11. The molecule has 2 aromatic carbocycles. The largest absolute Gasteiger partial charge is 0.861 e. The SMILES string of the molecule is CN(C)[n+]1cc(/N=C(/[O-])CSc2nnc(-c3ccccc3)c(-c3ccccc3)n2)on1. The van der Waals surface area contributed by atoms with Crippen LogP contribution in [0.5, 0.6) is 0 Å². The number of nitrogens with zero attached hydrogens (tertiary/aromatic N) is 7. The van der Waals surface area contributed by atoms with Crippen molar-refractivity contribution in [2.24, 2.45) is 4.99 Å². The van der Waals surface area contributed by atoms with Crippen LogP contribution in [0.4, 0.5) is 5.88 Å². The van der Waals surface area contributed by atoms with Gasteiger partial charge >= 0.3 is 5.88 Å². The lowest BCUT2D eigenvalue weighted by atomic mass is 10.0. The van der Waals surface area contributed by atoms with E-state index >= 15 is 0 Å². The van der Waals surface area contributed by atoms with Crippen molar-refractivity contribution in [3.8, 4) is 22.5 Å². The highest BCUT2D eigenvalue weighted by molar-refractivity contribution is 7.99. The van der Waals surface area contributed by atoms with Crippen LogP contribution in [0.1, 0.15) is 0 Å². The monoisotopic (exact) mass is 433 g/mol. The molecule has 156 valence electrons. The topological polar surface area (TPSA) is 107 Å². The third-order valence-electron chi connectivity index (χ3n) is 4.18. The lowest BCUT2D eigenvalue weighted by molar-refractivity contribution is -0.753. The predicted octanol–water partition coefficient (Wildman–Crippen LogP) is 1.86. The Morgan fingerprint density at radius 1 is 1.00 bits per heavy atom. The van der Waals surface area contributed by atoms with Crippen molar-refractivity contribution in [3.63, 3.8) is 0 Å². The molecule has 0 aliphatic rings. The number of hydrogen-bond donors (Lipinski definition) is 0. The number of thioether (sulfide) groups is 1. The van der Waals surface area contributed by atoms with Gasteiger partial charge in [0.25, 0.3) is 6.20 Å². The van der Waals surface area contributed by atoms with Gasteiger partial charge in [-0.3, -0.25) is 4.52 Å². The molecule has 10 heteroatoms. The molecule has 0 saturated carbocycles. The minimum atomic E-state index is -0.385. The minimum Gasteiger partial charge on any atom is -0.861 e. The summed E-state index contributed by atoms with van der Waals surface area (Å²) in [7, 11) is 3.58. The number of rotatable bonds is 7. The predicted molar refractivity (Wildman–Crippen MR) is 115 cm³/mol. The van der Waals surface area contributed by atoms with Crippen molar-refractivity contribution in [1.29, 1.82) is 0 Å². The number of benzene rings is 2. The van der Waals surface area contributed by atoms with Crippen molar-refractivity contribution in [3.05, 3.63) is 66.9 Å². The second-order valence-electron chi connectivity index (χ2n) is 6.63. The van der Waals surface area contributed by atoms with Gasteiger partial charge in [-0.05, 0) is 5.90 Å². The number of aliphatic imine (C=N–C) groups is 1. The molecule has 0 unspecified atom stereocenters. The van der Waals surface area contributed by atoms with E-state index in [9.17, 15) is 5.11 Å². The van der Waals surface area contributed by atoms with Gasteiger partial charge in [-0.25, -0.2) is 9.98 Å². The summed E-state index contributed by atoms with van der Waals surface area (Å²) in [5, 5.41) is 26.7. The molecule has 4 rings (SSSR count). The summed E-state index contributed by atoms with van der Waals surface area (Å²) in [4.78, 5) is 10.0. The molecule has 0 N–H and O–H groups in total. The molecule has 0 aliphatic heterocycles. The fourth-order valence-corrected chi connectivity index (χ4v) is 3.28. The molecule has 0 spiro atoms. The highest BCUT2D eigenvalue weighted by atomic mass is 32.2. The Morgan fingerprint density at radius 3 is 2.26 bits per heavy atom. The van der Waals surface area contributed by atoms with Gasteiger partial charge in [-0.1, -0.05) is 72.4 Å². The van der Waals surface area contributed by atoms with Crippen molar-refractivity contribution in [2.75, 3.05) is 24.9 Å². The molecule has 0 bridgehead atoms. The van der Waals surface area contributed by atoms with Gasteiger partial charge in [0.2, 0.25) is 10.4 Å². The quantitative estimate of drug-likeness (QED) is 0.188. The molecule has 2 heterocycles. The molecule has 2 aromatic heterocycles. The number of hydrogen-bond acceptors (Lipinski definition) is 9. The van der Waals surface area contributed by atoms with Crippen LogP contribution in [0.2, 0.25) is 0 Å². The second kappa shape index (κ2) is 9.35. The van der Waals surface area contributed by atoms with Crippen molar-refractivity contribution in [1.82, 2.24) is 20.5 Å². The zero-order valence-electron chi connectivity index (χ0n) is 16.9. The van der Waals surface area contributed by atoms with Crippen LogP contribution >= 0.6 is 11.8 Å². The molecule has 0 radical (unpaired) electrons. The van der Waals surface area contributed by atoms with Crippen LogP contribution in [0.15, 0.2) is 81.5 Å². The molecular weight excluding hydrogens is 414 g/mol. The Kier molecular flexibility index (Phi) is 6.18. The zero-order chi connectivity index (χ0) is 21.6. The van der Waals surface area contributed by atoms with Gasteiger partial charge in [0.15, 0.2) is 0 Å². The zero-order valence-corrected chi connectivity index (χ0v) is 17.7. The maximum Gasteiger partial charge on any atom is 0.324 e. The summed E-state index contributed by atoms with van der Waals surface area (Å²) in [5.41, 5.74) is 3.23. The summed E-state index contributed by atoms with van der Waals surface area (Å²) >= 11 is 1.17. The first-order valence-electron chi connectivity index (χ1n) is 9.39. The van der Waals surface area contributed by atoms with E-state index in [-0.39, 0.29) is 17.5 Å². The van der Waals surface area contributed by atoms with Gasteiger partial charge in [0.1, 0.15) is 11.4 Å². The summed E-state index contributed by atoms with van der Waals surface area (Å²) in [6.07, 6.45) is 1.52. The van der Waals surface area contributed by atoms with Gasteiger partial charge < -0.3 is 5.11 Å². The van der Waals surface area contributed by atoms with E-state index in [2.05, 4.69) is 25.4 Å². The molecule has 0 saturated heterocycles. The van der Waals surface area contributed by atoms with Crippen molar-refractivity contribution >= 4 is 23.5 Å². The molecule has 9 nitrogen and oxygen atoms in total. The van der Waals surface area contributed by atoms with E-state index in [1.807, 2.05) is 60.7 Å². The lowest BCUT2D eigenvalue weighted by Crippen LogP contribution is -2.53. The minimum absolute atomic E-state index is 0.0449. The Morgan fingerprint density at radius 2 is 1.65 bits per heavy atom. The standard InChI is InChI=1S/C21H19N7O2S/c1-27(2)28-13-18(30-26-28)22-17(29)14-31-21-23-19(15-9-5-3-6-10-15)20(24-25-21)16-11-7-4-8-12-16/h3-13H,14H2,1-2H3. The van der Waals surface area contributed by atoms with E-state index in [4.69, 9.17) is 4.52 Å². The van der Waals surface area contributed by atoms with Crippen LogP contribution in [0, 0.1) is 0 Å². The average molecular weight is 433 g/mol. The Labute approximate surface area is 183 Å². The molecule has 4 aromatic rings. The highest BCUT2D eigenvalue weighted by Crippen LogP contribution is 2.29. The van der Waals surface area contributed by atoms with Crippen LogP contribution in [-0.4, -0.2) is 46.2 Å². The van der Waals surface area contributed by atoms with E-state index in [1.54, 1.807) is 19.1 Å². The first kappa shape index (κ1) is 20.5. The maximum atomic E-state index is 12.2. The summed E-state index contributed by atoms with van der Waals surface area (Å²) < 4.78 is 5.02. The molecule has 0 amide bonds. The van der Waals surface area contributed by atoms with Crippen molar-refractivity contribution < 1.29 is 14.4 Å². The van der Waals surface area contributed by atoms with E-state index in [0.717, 1.165) is 11.1 Å². The van der Waals surface area contributed by atoms with Crippen LogP contribution in [0.3, 0.4) is 0 Å². The summed E-state index contributed by atoms with van der Waals surface area (Å²) in [6.45, 7) is 0. The van der Waals surface area contributed by atoms with E-state index in [1.165, 1.54) is 22.7 Å². The molecular formula is C21H19N7O2S. The fraction of sp³-hybridized carbons (Fsp3) is 0.143. The molecule has 0 atom stereocenters. The van der Waals surface area contributed by atoms with Gasteiger partial charge in [-0.15, -0.1) is 10.2 Å².